The van der Waals surface area contributed by atoms with Crippen molar-refractivity contribution in [3.63, 3.8) is 0 Å². The van der Waals surface area contributed by atoms with E-state index in [1.54, 1.807) is 0 Å². The zero-order valence-electron chi connectivity index (χ0n) is 7.14. The summed E-state index contributed by atoms with van der Waals surface area (Å²) in [6, 6.07) is 3.78. The van der Waals surface area contributed by atoms with Crippen LogP contribution in [0, 0.1) is 0 Å². The largest absolute Gasteiger partial charge is 0.384 e. The molecule has 0 amide bonds. The van der Waals surface area contributed by atoms with Crippen molar-refractivity contribution in [2.75, 3.05) is 5.73 Å². The molecule has 2 nitrogen and oxygen atoms in total. The van der Waals surface area contributed by atoms with Crippen molar-refractivity contribution in [3.8, 4) is 0 Å². The minimum Gasteiger partial charge on any atom is -0.384 e. The molecule has 0 aromatic carbocycles. The van der Waals surface area contributed by atoms with E-state index in [-0.39, 0.29) is 0 Å². The van der Waals surface area contributed by atoms with E-state index in [0.717, 1.165) is 11.3 Å². The van der Waals surface area contributed by atoms with Crippen LogP contribution in [0.25, 0.3) is 12.2 Å². The van der Waals surface area contributed by atoms with Crippen LogP contribution in [-0.2, 0) is 0 Å². The first-order valence-electron chi connectivity index (χ1n) is 4.14. The molecule has 0 atom stereocenters. The zero-order chi connectivity index (χ0) is 9.10. The maximum absolute atomic E-state index is 5.58. The number of hydrogen-bond donors (Lipinski definition) is 1. The summed E-state index contributed by atoms with van der Waals surface area (Å²) in [4.78, 5) is 4.22. The van der Waals surface area contributed by atoms with Crippen molar-refractivity contribution < 1.29 is 0 Å². The van der Waals surface area contributed by atoms with Crippen LogP contribution in [-0.4, -0.2) is 4.98 Å². The van der Waals surface area contributed by atoms with Crippen molar-refractivity contribution >= 4 is 18.0 Å². The number of nitrogens with two attached hydrogens (primary N) is 1. The Morgan fingerprint density at radius 3 is 2.54 bits per heavy atom. The molecule has 2 rings (SSSR count). The van der Waals surface area contributed by atoms with Gasteiger partial charge in [0.25, 0.3) is 0 Å². The molecule has 0 fully saturated rings. The first kappa shape index (κ1) is 7.80. The first-order chi connectivity index (χ1) is 6.36. The predicted octanol–water partition coefficient (Wildman–Crippen LogP) is 2.26. The SMILES string of the molecule is Nc1ccc2c(n1)/C=C\C=C/C=C2. The van der Waals surface area contributed by atoms with Gasteiger partial charge in [0.2, 0.25) is 0 Å². The van der Waals surface area contributed by atoms with Gasteiger partial charge in [0.15, 0.2) is 0 Å². The Morgan fingerprint density at radius 2 is 1.69 bits per heavy atom. The number of rotatable bonds is 0. The molecule has 1 aliphatic carbocycles. The molecule has 1 aliphatic rings. The van der Waals surface area contributed by atoms with Gasteiger partial charge in [-0.2, -0.15) is 0 Å². The summed E-state index contributed by atoms with van der Waals surface area (Å²) in [6.45, 7) is 0. The van der Waals surface area contributed by atoms with Gasteiger partial charge in [0.1, 0.15) is 5.82 Å². The Labute approximate surface area is 77.1 Å². The number of pyridine rings is 1. The number of fused-ring (bicyclic) bond motifs is 1. The Balaban J connectivity index is 2.56. The average Bonchev–Trinajstić information content (AvgIpc) is 2.08. The molecule has 0 saturated carbocycles. The smallest absolute Gasteiger partial charge is 0.124 e. The lowest BCUT2D eigenvalue weighted by Crippen LogP contribution is -1.94. The third-order valence-electron chi connectivity index (χ3n) is 1.84. The van der Waals surface area contributed by atoms with Crippen molar-refractivity contribution in [1.29, 1.82) is 0 Å². The van der Waals surface area contributed by atoms with Gasteiger partial charge in [-0.1, -0.05) is 30.4 Å². The summed E-state index contributed by atoms with van der Waals surface area (Å²) in [5.41, 5.74) is 7.59. The van der Waals surface area contributed by atoms with E-state index >= 15 is 0 Å². The molecule has 1 aromatic heterocycles. The van der Waals surface area contributed by atoms with Crippen molar-refractivity contribution in [2.24, 2.45) is 0 Å². The number of nitrogen functional groups attached to an aromatic ring is 1. The van der Waals surface area contributed by atoms with Crippen LogP contribution >= 0.6 is 0 Å². The molecule has 2 heteroatoms. The van der Waals surface area contributed by atoms with Crippen LogP contribution in [0.3, 0.4) is 0 Å². The normalized spacial score (nSPS) is 18.5. The fourth-order valence-corrected chi connectivity index (χ4v) is 1.21. The third kappa shape index (κ3) is 1.67. The van der Waals surface area contributed by atoms with Gasteiger partial charge >= 0.3 is 0 Å². The number of aromatic nitrogens is 1. The number of anilines is 1. The molecule has 0 aliphatic heterocycles. The number of nitrogens with zero attached hydrogens (tertiary/aromatic N) is 1. The topological polar surface area (TPSA) is 38.9 Å². The van der Waals surface area contributed by atoms with Gasteiger partial charge in [-0.25, -0.2) is 4.98 Å². The van der Waals surface area contributed by atoms with E-state index in [1.807, 2.05) is 48.6 Å². The van der Waals surface area contributed by atoms with Crippen LogP contribution < -0.4 is 5.73 Å². The number of hydrogen-bond acceptors (Lipinski definition) is 2. The molecule has 0 saturated heterocycles. The van der Waals surface area contributed by atoms with Crippen LogP contribution in [0.2, 0.25) is 0 Å². The lowest BCUT2D eigenvalue weighted by Gasteiger charge is -2.01. The minimum absolute atomic E-state index is 0.557. The molecule has 1 aromatic rings. The predicted molar refractivity (Wildman–Crippen MR) is 55.9 cm³/mol. The maximum Gasteiger partial charge on any atom is 0.124 e. The summed E-state index contributed by atoms with van der Waals surface area (Å²) < 4.78 is 0. The van der Waals surface area contributed by atoms with E-state index in [9.17, 15) is 0 Å². The summed E-state index contributed by atoms with van der Waals surface area (Å²) in [7, 11) is 0. The average molecular weight is 170 g/mol. The minimum atomic E-state index is 0.557. The van der Waals surface area contributed by atoms with Gasteiger partial charge in [-0.3, -0.25) is 0 Å². The fraction of sp³-hybridized carbons (Fsp3) is 0. The zero-order valence-corrected chi connectivity index (χ0v) is 7.14. The third-order valence-corrected chi connectivity index (χ3v) is 1.84. The Kier molecular flexibility index (Phi) is 1.96. The molecular weight excluding hydrogens is 160 g/mol. The lowest BCUT2D eigenvalue weighted by atomic mass is 10.1. The summed E-state index contributed by atoms with van der Waals surface area (Å²) >= 11 is 0. The Morgan fingerprint density at radius 1 is 0.923 bits per heavy atom. The van der Waals surface area contributed by atoms with Crippen LogP contribution in [0.5, 0.6) is 0 Å². The fourth-order valence-electron chi connectivity index (χ4n) is 1.21. The molecule has 0 radical (unpaired) electrons. The quantitative estimate of drug-likeness (QED) is 0.648. The van der Waals surface area contributed by atoms with Gasteiger partial charge in [-0.05, 0) is 18.2 Å². The molecule has 64 valence electrons. The van der Waals surface area contributed by atoms with Crippen molar-refractivity contribution in [2.45, 2.75) is 0 Å². The second kappa shape index (κ2) is 3.27. The van der Waals surface area contributed by atoms with Crippen molar-refractivity contribution in [1.82, 2.24) is 4.98 Å². The van der Waals surface area contributed by atoms with E-state index < -0.39 is 0 Å². The van der Waals surface area contributed by atoms with Crippen LogP contribution in [0.15, 0.2) is 36.4 Å². The molecule has 1 heterocycles. The molecule has 0 bridgehead atoms. The van der Waals surface area contributed by atoms with Crippen LogP contribution in [0.1, 0.15) is 11.3 Å². The highest BCUT2D eigenvalue weighted by atomic mass is 14.8. The molecular formula is C11H10N2. The van der Waals surface area contributed by atoms with Gasteiger partial charge in [0, 0.05) is 5.56 Å². The van der Waals surface area contributed by atoms with E-state index in [0.29, 0.717) is 5.82 Å². The highest BCUT2D eigenvalue weighted by Gasteiger charge is 1.98. The Bertz CT molecular complexity index is 401. The number of allylic oxidation sites excluding steroid dienone is 4. The Hall–Kier alpha value is -1.83. The second-order valence-electron chi connectivity index (χ2n) is 2.81. The summed E-state index contributed by atoms with van der Waals surface area (Å²) in [5, 5.41) is 0. The molecule has 2 N–H and O–H groups in total. The summed E-state index contributed by atoms with van der Waals surface area (Å²) in [6.07, 6.45) is 11.8. The second-order valence-corrected chi connectivity index (χ2v) is 2.81. The maximum atomic E-state index is 5.58. The standard InChI is InChI=1S/C11H10N2/c12-11-8-7-9-5-3-1-2-4-6-10(9)13-11/h1-8H,(H2,12,13)/b2-1-,3-1?,4-2?,5-3?,6-4-,9-5?,10-6?. The monoisotopic (exact) mass is 170 g/mol. The van der Waals surface area contributed by atoms with Crippen LogP contribution in [0.4, 0.5) is 5.82 Å². The van der Waals surface area contributed by atoms with E-state index in [4.69, 9.17) is 5.73 Å². The summed E-state index contributed by atoms with van der Waals surface area (Å²) in [5.74, 6) is 0.557. The highest BCUT2D eigenvalue weighted by Crippen LogP contribution is 2.14. The molecule has 0 spiro atoms. The first-order valence-corrected chi connectivity index (χ1v) is 4.14. The van der Waals surface area contributed by atoms with Gasteiger partial charge in [-0.15, -0.1) is 0 Å². The lowest BCUT2D eigenvalue weighted by molar-refractivity contribution is 1.29. The van der Waals surface area contributed by atoms with E-state index in [1.165, 1.54) is 0 Å². The highest BCUT2D eigenvalue weighted by molar-refractivity contribution is 5.66. The molecule has 13 heavy (non-hydrogen) atoms. The van der Waals surface area contributed by atoms with Gasteiger partial charge in [0.05, 0.1) is 5.69 Å². The van der Waals surface area contributed by atoms with E-state index in [2.05, 4.69) is 4.98 Å². The van der Waals surface area contributed by atoms with Crippen molar-refractivity contribution in [3.05, 3.63) is 47.7 Å². The van der Waals surface area contributed by atoms with Gasteiger partial charge < -0.3 is 5.73 Å². The molecule has 0 unspecified atom stereocenters.